The fourth-order valence-corrected chi connectivity index (χ4v) is 3.08. The molecule has 1 aromatic carbocycles. The minimum atomic E-state index is -0.449. The summed E-state index contributed by atoms with van der Waals surface area (Å²) in [6.07, 6.45) is 4.75. The monoisotopic (exact) mass is 395 g/mol. The standard InChI is InChI=1S/C18H13N5O4S/c24-17(21-18-19-7-8-28-18)11-27-14-4-1-12(2-5-14)15-10-22-9-13(23(25)26)3-6-16(22)20-15/h1-10H,11H2,(H,19,21,24). The Bertz CT molecular complexity index is 1140. The molecule has 0 radical (unpaired) electrons. The number of hydrogen-bond acceptors (Lipinski definition) is 7. The van der Waals surface area contributed by atoms with E-state index in [0.717, 1.165) is 5.56 Å². The second kappa shape index (κ2) is 7.45. The number of carbonyl (C=O) groups is 1. The largest absolute Gasteiger partial charge is 0.484 e. The van der Waals surface area contributed by atoms with Gasteiger partial charge in [0.25, 0.3) is 11.6 Å². The molecule has 0 spiro atoms. The van der Waals surface area contributed by atoms with E-state index in [0.29, 0.717) is 22.2 Å². The molecule has 1 amide bonds. The molecular formula is C18H13N5O4S. The molecule has 140 valence electrons. The van der Waals surface area contributed by atoms with E-state index in [4.69, 9.17) is 4.74 Å². The Morgan fingerprint density at radius 2 is 2.04 bits per heavy atom. The minimum Gasteiger partial charge on any atom is -0.484 e. The maximum atomic E-state index is 11.8. The van der Waals surface area contributed by atoms with Crippen LogP contribution in [0.1, 0.15) is 0 Å². The van der Waals surface area contributed by atoms with E-state index in [9.17, 15) is 14.9 Å². The molecule has 28 heavy (non-hydrogen) atoms. The van der Waals surface area contributed by atoms with E-state index in [2.05, 4.69) is 15.3 Å². The summed E-state index contributed by atoms with van der Waals surface area (Å²) >= 11 is 1.33. The van der Waals surface area contributed by atoms with Gasteiger partial charge in [-0.05, 0) is 30.3 Å². The Morgan fingerprint density at radius 3 is 2.75 bits per heavy atom. The highest BCUT2D eigenvalue weighted by molar-refractivity contribution is 7.13. The lowest BCUT2D eigenvalue weighted by atomic mass is 10.2. The van der Waals surface area contributed by atoms with Crippen LogP contribution in [0.2, 0.25) is 0 Å². The van der Waals surface area contributed by atoms with Crippen LogP contribution in [0, 0.1) is 10.1 Å². The number of anilines is 1. The number of imidazole rings is 1. The maximum absolute atomic E-state index is 11.8. The maximum Gasteiger partial charge on any atom is 0.286 e. The first-order chi connectivity index (χ1) is 13.6. The molecule has 1 N–H and O–H groups in total. The zero-order chi connectivity index (χ0) is 19.5. The summed E-state index contributed by atoms with van der Waals surface area (Å²) in [6, 6.07) is 10.1. The summed E-state index contributed by atoms with van der Waals surface area (Å²) in [5.74, 6) is 0.249. The Hall–Kier alpha value is -3.79. The fraction of sp³-hybridized carbons (Fsp3) is 0.0556. The molecule has 0 aliphatic carbocycles. The summed E-state index contributed by atoms with van der Waals surface area (Å²) in [6.45, 7) is -0.128. The van der Waals surface area contributed by atoms with Gasteiger partial charge in [0.2, 0.25) is 0 Å². The van der Waals surface area contributed by atoms with Crippen molar-refractivity contribution in [3.05, 3.63) is 70.5 Å². The predicted molar refractivity (Wildman–Crippen MR) is 104 cm³/mol. The molecule has 3 aromatic heterocycles. The highest BCUT2D eigenvalue weighted by Crippen LogP contribution is 2.23. The van der Waals surface area contributed by atoms with Crippen molar-refractivity contribution in [3.8, 4) is 17.0 Å². The van der Waals surface area contributed by atoms with Crippen molar-refractivity contribution in [3.63, 3.8) is 0 Å². The molecule has 0 bridgehead atoms. The quantitative estimate of drug-likeness (QED) is 0.396. The van der Waals surface area contributed by atoms with Crippen LogP contribution in [0.3, 0.4) is 0 Å². The van der Waals surface area contributed by atoms with Gasteiger partial charge in [-0.1, -0.05) is 0 Å². The van der Waals surface area contributed by atoms with Gasteiger partial charge in [-0.2, -0.15) is 0 Å². The number of thiazole rings is 1. The zero-order valence-corrected chi connectivity index (χ0v) is 15.1. The summed E-state index contributed by atoms with van der Waals surface area (Å²) in [5.41, 5.74) is 2.11. The van der Waals surface area contributed by atoms with Crippen LogP contribution in [-0.2, 0) is 4.79 Å². The van der Waals surface area contributed by atoms with Crippen molar-refractivity contribution in [2.24, 2.45) is 0 Å². The average Bonchev–Trinajstić information content (AvgIpc) is 3.35. The van der Waals surface area contributed by atoms with E-state index in [1.807, 2.05) is 12.1 Å². The van der Waals surface area contributed by atoms with Crippen molar-refractivity contribution < 1.29 is 14.5 Å². The molecule has 0 unspecified atom stereocenters. The van der Waals surface area contributed by atoms with Gasteiger partial charge in [0.05, 0.1) is 16.8 Å². The molecule has 0 atom stereocenters. The average molecular weight is 395 g/mol. The normalized spacial score (nSPS) is 10.7. The number of amides is 1. The van der Waals surface area contributed by atoms with Crippen LogP contribution < -0.4 is 10.1 Å². The number of nitro groups is 1. The van der Waals surface area contributed by atoms with Gasteiger partial charge in [-0.15, -0.1) is 11.3 Å². The zero-order valence-electron chi connectivity index (χ0n) is 14.3. The van der Waals surface area contributed by atoms with Crippen LogP contribution in [0.15, 0.2) is 60.4 Å². The molecule has 0 aliphatic rings. The van der Waals surface area contributed by atoms with E-state index in [1.165, 1.54) is 23.6 Å². The number of nitrogens with one attached hydrogen (secondary N) is 1. The SMILES string of the molecule is O=C(COc1ccc(-c2cn3cc([N+](=O)[O-])ccc3n2)cc1)Nc1nccs1. The number of carbonyl (C=O) groups excluding carboxylic acids is 1. The van der Waals surface area contributed by atoms with Gasteiger partial charge in [0.15, 0.2) is 11.7 Å². The van der Waals surface area contributed by atoms with Gasteiger partial charge in [0.1, 0.15) is 11.4 Å². The molecular weight excluding hydrogens is 382 g/mol. The number of aromatic nitrogens is 3. The predicted octanol–water partition coefficient (Wildman–Crippen LogP) is 3.38. The number of ether oxygens (including phenoxy) is 1. The molecule has 0 saturated heterocycles. The van der Waals surface area contributed by atoms with Crippen LogP contribution in [0.4, 0.5) is 10.8 Å². The number of hydrogen-bond donors (Lipinski definition) is 1. The van der Waals surface area contributed by atoms with E-state index < -0.39 is 4.92 Å². The number of benzene rings is 1. The number of rotatable bonds is 6. The second-order valence-electron chi connectivity index (χ2n) is 5.73. The topological polar surface area (TPSA) is 112 Å². The van der Waals surface area contributed by atoms with Crippen LogP contribution in [-0.4, -0.2) is 31.8 Å². The molecule has 0 saturated carbocycles. The molecule has 10 heteroatoms. The Balaban J connectivity index is 1.43. The third kappa shape index (κ3) is 3.81. The third-order valence-electron chi connectivity index (χ3n) is 3.84. The number of pyridine rings is 1. The lowest BCUT2D eigenvalue weighted by molar-refractivity contribution is -0.385. The van der Waals surface area contributed by atoms with Gasteiger partial charge in [0, 0.05) is 29.4 Å². The fourth-order valence-electron chi connectivity index (χ4n) is 2.54. The number of fused-ring (bicyclic) bond motifs is 1. The third-order valence-corrected chi connectivity index (χ3v) is 4.53. The first-order valence-corrected chi connectivity index (χ1v) is 9.02. The molecule has 4 aromatic rings. The second-order valence-corrected chi connectivity index (χ2v) is 6.63. The van der Waals surface area contributed by atoms with Gasteiger partial charge < -0.3 is 4.74 Å². The highest BCUT2D eigenvalue weighted by atomic mass is 32.1. The van der Waals surface area contributed by atoms with Crippen molar-refractivity contribution in [2.75, 3.05) is 11.9 Å². The summed E-state index contributed by atoms with van der Waals surface area (Å²) < 4.78 is 7.08. The van der Waals surface area contributed by atoms with E-state index >= 15 is 0 Å². The molecule has 0 fully saturated rings. The van der Waals surface area contributed by atoms with Crippen LogP contribution in [0.5, 0.6) is 5.75 Å². The van der Waals surface area contributed by atoms with Crippen molar-refractivity contribution in [2.45, 2.75) is 0 Å². The first-order valence-electron chi connectivity index (χ1n) is 8.14. The first kappa shape index (κ1) is 17.6. The number of nitrogens with zero attached hydrogens (tertiary/aromatic N) is 4. The molecule has 3 heterocycles. The van der Waals surface area contributed by atoms with Gasteiger partial charge >= 0.3 is 0 Å². The Labute approximate surface area is 162 Å². The summed E-state index contributed by atoms with van der Waals surface area (Å²) in [7, 11) is 0. The van der Waals surface area contributed by atoms with E-state index in [1.54, 1.807) is 40.4 Å². The minimum absolute atomic E-state index is 0.00350. The smallest absolute Gasteiger partial charge is 0.286 e. The lowest BCUT2D eigenvalue weighted by Crippen LogP contribution is -2.19. The lowest BCUT2D eigenvalue weighted by Gasteiger charge is -2.06. The molecule has 9 nitrogen and oxygen atoms in total. The van der Waals surface area contributed by atoms with Crippen LogP contribution >= 0.6 is 11.3 Å². The van der Waals surface area contributed by atoms with Crippen LogP contribution in [0.25, 0.3) is 16.9 Å². The van der Waals surface area contributed by atoms with Crippen molar-refractivity contribution in [1.29, 1.82) is 0 Å². The van der Waals surface area contributed by atoms with Crippen molar-refractivity contribution in [1.82, 2.24) is 14.4 Å². The summed E-state index contributed by atoms with van der Waals surface area (Å²) in [5, 5.41) is 15.8. The van der Waals surface area contributed by atoms with Gasteiger partial charge in [-0.25, -0.2) is 9.97 Å². The molecule has 4 rings (SSSR count). The van der Waals surface area contributed by atoms with E-state index in [-0.39, 0.29) is 18.2 Å². The van der Waals surface area contributed by atoms with Gasteiger partial charge in [-0.3, -0.25) is 24.6 Å². The Kier molecular flexibility index (Phi) is 4.68. The Morgan fingerprint density at radius 1 is 1.21 bits per heavy atom. The van der Waals surface area contributed by atoms with Crippen molar-refractivity contribution >= 4 is 33.7 Å². The summed E-state index contributed by atoms with van der Waals surface area (Å²) in [4.78, 5) is 30.7. The highest BCUT2D eigenvalue weighted by Gasteiger charge is 2.10. The molecule has 0 aliphatic heterocycles.